The summed E-state index contributed by atoms with van der Waals surface area (Å²) in [6, 6.07) is 0. The molecule has 0 bridgehead atoms. The molecule has 5 nitrogen and oxygen atoms in total. The van der Waals surface area contributed by atoms with Crippen LogP contribution < -0.4 is 0 Å². The minimum atomic E-state index is -0.837. The number of Topliss-reactive ketones (excluding diaryl/α,β-unsaturated/α-hetero) is 1. The van der Waals surface area contributed by atoms with Crippen LogP contribution in [0.25, 0.3) is 6.08 Å². The molecule has 0 aliphatic heterocycles. The first-order chi connectivity index (χ1) is 17.5. The Morgan fingerprint density at radius 2 is 2.08 bits per heavy atom. The summed E-state index contributed by atoms with van der Waals surface area (Å²) in [6.07, 6.45) is 15.7. The fourth-order valence-electron chi connectivity index (χ4n) is 5.13. The lowest BCUT2D eigenvalue weighted by Crippen LogP contribution is -2.31. The predicted molar refractivity (Wildman–Crippen MR) is 151 cm³/mol. The first-order valence-corrected chi connectivity index (χ1v) is 14.6. The first kappa shape index (κ1) is 29.8. The fourth-order valence-corrected chi connectivity index (χ4v) is 6.79. The van der Waals surface area contributed by atoms with Gasteiger partial charge >= 0.3 is 5.97 Å². The van der Waals surface area contributed by atoms with Crippen molar-refractivity contribution in [1.29, 1.82) is 0 Å². The van der Waals surface area contributed by atoms with Crippen molar-refractivity contribution in [3.63, 3.8) is 0 Å². The summed E-state index contributed by atoms with van der Waals surface area (Å²) in [4.78, 5) is 27.1. The number of ketones is 1. The number of hydrogen-bond donors (Lipinski definition) is 2. The minimum Gasteiger partial charge on any atom is -0.463 e. The van der Waals surface area contributed by atoms with E-state index in [1.165, 1.54) is 4.88 Å². The molecule has 0 amide bonds. The minimum absolute atomic E-state index is 0.0401. The third-order valence-corrected chi connectivity index (χ3v) is 9.16. The van der Waals surface area contributed by atoms with Crippen LogP contribution in [0.4, 0.5) is 0 Å². The van der Waals surface area contributed by atoms with Gasteiger partial charge in [0.25, 0.3) is 0 Å². The average molecular weight is 549 g/mol. The topological polar surface area (TPSA) is 83.8 Å². The summed E-state index contributed by atoms with van der Waals surface area (Å²) < 4.78 is 5.14. The van der Waals surface area contributed by atoms with E-state index in [4.69, 9.17) is 16.3 Å². The zero-order chi connectivity index (χ0) is 27.2. The largest absolute Gasteiger partial charge is 0.463 e. The molecule has 0 spiro atoms. The van der Waals surface area contributed by atoms with Gasteiger partial charge in [0.2, 0.25) is 0 Å². The summed E-state index contributed by atoms with van der Waals surface area (Å²) in [6.45, 7) is 7.24. The Morgan fingerprint density at radius 1 is 1.32 bits per heavy atom. The Morgan fingerprint density at radius 3 is 2.78 bits per heavy atom. The smallest absolute Gasteiger partial charge is 0.306 e. The number of ether oxygens (including phenoxy) is 1. The van der Waals surface area contributed by atoms with Gasteiger partial charge in [0, 0.05) is 33.6 Å². The van der Waals surface area contributed by atoms with E-state index < -0.39 is 17.6 Å². The van der Waals surface area contributed by atoms with E-state index in [-0.39, 0.29) is 29.7 Å². The molecule has 2 aliphatic rings. The molecule has 7 heteroatoms. The standard InChI is InChI=1S/C30H41ClO5S/c1-19(2)36-26(33)14-8-6-5-7-11-21-22(29(35)30(3,4)28(21)34)17-15-20(32)16-18-25-27(31)23-12-9-10-13-24(23)37-25/h5,7,9,12,15,17,19-22,29,32,35H,6,8,10-11,13-14,16,18H2,1-4H3/b7-5-,17-15+/t20-,21+,22+,29-/m0/s1. The number of fused-ring (bicyclic) bond motifs is 1. The van der Waals surface area contributed by atoms with Gasteiger partial charge in [-0.2, -0.15) is 0 Å². The number of aliphatic hydroxyl groups excluding tert-OH is 2. The van der Waals surface area contributed by atoms with E-state index >= 15 is 0 Å². The molecule has 3 rings (SSSR count). The van der Waals surface area contributed by atoms with E-state index in [1.807, 2.05) is 32.1 Å². The van der Waals surface area contributed by atoms with E-state index in [0.717, 1.165) is 34.7 Å². The molecule has 1 saturated carbocycles. The monoisotopic (exact) mass is 548 g/mol. The number of unbranched alkanes of at least 4 members (excludes halogenated alkanes) is 1. The molecule has 4 atom stereocenters. The molecule has 1 heterocycles. The molecule has 1 aromatic heterocycles. The van der Waals surface area contributed by atoms with Crippen LogP contribution in [0.3, 0.4) is 0 Å². The maximum Gasteiger partial charge on any atom is 0.306 e. The van der Waals surface area contributed by atoms with Crippen molar-refractivity contribution in [1.82, 2.24) is 0 Å². The Labute approximate surface area is 230 Å². The number of aryl methyl sites for hydroxylation is 2. The summed E-state index contributed by atoms with van der Waals surface area (Å²) >= 11 is 8.30. The molecule has 0 saturated heterocycles. The van der Waals surface area contributed by atoms with Gasteiger partial charge in [-0.05, 0) is 58.8 Å². The van der Waals surface area contributed by atoms with E-state index in [1.54, 1.807) is 31.3 Å². The predicted octanol–water partition coefficient (Wildman–Crippen LogP) is 6.48. The molecular formula is C30H41ClO5S. The van der Waals surface area contributed by atoms with Crippen molar-refractivity contribution in [3.05, 3.63) is 50.7 Å². The zero-order valence-corrected chi connectivity index (χ0v) is 24.0. The number of carbonyl (C=O) groups excluding carboxylic acids is 2. The summed E-state index contributed by atoms with van der Waals surface area (Å²) in [5.41, 5.74) is 0.287. The molecule has 0 radical (unpaired) electrons. The van der Waals surface area contributed by atoms with Gasteiger partial charge in [-0.3, -0.25) is 9.59 Å². The highest BCUT2D eigenvalue weighted by molar-refractivity contribution is 7.13. The van der Waals surface area contributed by atoms with Gasteiger partial charge in [0.05, 0.1) is 28.7 Å². The Balaban J connectivity index is 1.54. The fraction of sp³-hybridized carbons (Fsp3) is 0.600. The maximum atomic E-state index is 13.1. The van der Waals surface area contributed by atoms with E-state index in [9.17, 15) is 19.8 Å². The second-order valence-corrected chi connectivity index (χ2v) is 12.5. The van der Waals surface area contributed by atoms with Crippen molar-refractivity contribution in [2.45, 2.75) is 97.4 Å². The van der Waals surface area contributed by atoms with Crippen LogP contribution in [0.2, 0.25) is 5.02 Å². The normalized spacial score (nSPS) is 23.9. The Bertz CT molecular complexity index is 1030. The third kappa shape index (κ3) is 7.66. The molecule has 37 heavy (non-hydrogen) atoms. The molecule has 0 unspecified atom stereocenters. The van der Waals surface area contributed by atoms with Crippen LogP contribution in [0.1, 0.15) is 81.5 Å². The summed E-state index contributed by atoms with van der Waals surface area (Å²) in [7, 11) is 0. The lowest BCUT2D eigenvalue weighted by molar-refractivity contribution is -0.147. The van der Waals surface area contributed by atoms with Gasteiger partial charge in [0.15, 0.2) is 0 Å². The highest BCUT2D eigenvalue weighted by Crippen LogP contribution is 2.45. The molecule has 1 fully saturated rings. The van der Waals surface area contributed by atoms with Crippen LogP contribution in [-0.4, -0.2) is 40.3 Å². The number of esters is 1. The van der Waals surface area contributed by atoms with Crippen molar-refractivity contribution in [2.75, 3.05) is 0 Å². The van der Waals surface area contributed by atoms with Crippen LogP contribution >= 0.6 is 22.9 Å². The lowest BCUT2D eigenvalue weighted by atomic mass is 9.86. The molecule has 2 N–H and O–H groups in total. The van der Waals surface area contributed by atoms with Gasteiger partial charge in [-0.15, -0.1) is 11.3 Å². The van der Waals surface area contributed by atoms with Crippen LogP contribution in [0, 0.1) is 17.3 Å². The average Bonchev–Trinajstić information content (AvgIpc) is 3.25. The zero-order valence-electron chi connectivity index (χ0n) is 22.4. The molecule has 204 valence electrons. The van der Waals surface area contributed by atoms with E-state index in [2.05, 4.69) is 12.2 Å². The number of rotatable bonds is 12. The Kier molecular flexibility index (Phi) is 10.8. The van der Waals surface area contributed by atoms with Crippen molar-refractivity contribution >= 4 is 40.8 Å². The highest BCUT2D eigenvalue weighted by Gasteiger charge is 2.52. The van der Waals surface area contributed by atoms with E-state index in [0.29, 0.717) is 32.1 Å². The number of aliphatic hydroxyl groups is 2. The van der Waals surface area contributed by atoms with Crippen molar-refractivity contribution in [3.8, 4) is 0 Å². The summed E-state index contributed by atoms with van der Waals surface area (Å²) in [5.74, 6) is -0.856. The van der Waals surface area contributed by atoms with Gasteiger partial charge in [0.1, 0.15) is 5.78 Å². The second kappa shape index (κ2) is 13.4. The van der Waals surface area contributed by atoms with Gasteiger partial charge < -0.3 is 14.9 Å². The highest BCUT2D eigenvalue weighted by atomic mass is 35.5. The second-order valence-electron chi connectivity index (χ2n) is 11.0. The van der Waals surface area contributed by atoms with Gasteiger partial charge in [-0.1, -0.05) is 61.9 Å². The summed E-state index contributed by atoms with van der Waals surface area (Å²) in [5, 5.41) is 22.4. The number of hydrogen-bond acceptors (Lipinski definition) is 6. The quantitative estimate of drug-likeness (QED) is 0.177. The molecular weight excluding hydrogens is 508 g/mol. The third-order valence-electron chi connectivity index (χ3n) is 7.29. The number of halogens is 1. The van der Waals surface area contributed by atoms with Crippen LogP contribution in [0.15, 0.2) is 30.4 Å². The number of thiophene rings is 1. The maximum absolute atomic E-state index is 13.1. The SMILES string of the molecule is CC(C)OC(=O)CCC/C=C\C[C@H]1C(=O)C(C)(C)[C@@H](O)[C@@H]1/C=C/[C@H](O)CCc1sc2c(c1Cl)C=CCC2. The Hall–Kier alpha value is -1.73. The van der Waals surface area contributed by atoms with Gasteiger partial charge in [-0.25, -0.2) is 0 Å². The lowest BCUT2D eigenvalue weighted by Gasteiger charge is -2.22. The van der Waals surface area contributed by atoms with Crippen LogP contribution in [0.5, 0.6) is 0 Å². The number of carbonyl (C=O) groups is 2. The molecule has 2 aliphatic carbocycles. The van der Waals surface area contributed by atoms with Crippen molar-refractivity contribution in [2.24, 2.45) is 17.3 Å². The van der Waals surface area contributed by atoms with Crippen molar-refractivity contribution < 1.29 is 24.5 Å². The molecule has 0 aromatic carbocycles. The first-order valence-electron chi connectivity index (χ1n) is 13.4. The van der Waals surface area contributed by atoms with Crippen LogP contribution in [-0.2, 0) is 27.2 Å². The number of allylic oxidation sites excluding steroid dienone is 3. The molecule has 1 aromatic rings.